The molecule has 2 aliphatic rings. The minimum absolute atomic E-state index is 0.0340. The molecule has 2 unspecified atom stereocenters. The Balaban J connectivity index is 1.65. The van der Waals surface area contributed by atoms with Gasteiger partial charge in [-0.1, -0.05) is 23.8 Å². The van der Waals surface area contributed by atoms with Crippen molar-refractivity contribution >= 4 is 12.0 Å². The van der Waals surface area contributed by atoms with Gasteiger partial charge >= 0.3 is 6.09 Å². The average molecular weight is 328 g/mol. The highest BCUT2D eigenvalue weighted by Gasteiger charge is 2.44. The molecule has 2 aliphatic heterocycles. The van der Waals surface area contributed by atoms with Gasteiger partial charge < -0.3 is 15.0 Å². The minimum Gasteiger partial charge on any atom is -0.419 e. The summed E-state index contributed by atoms with van der Waals surface area (Å²) in [6, 6.07) is 6.26. The van der Waals surface area contributed by atoms with E-state index in [0.29, 0.717) is 5.56 Å². The molecular weight excluding hydrogens is 304 g/mol. The van der Waals surface area contributed by atoms with Crippen LogP contribution >= 0.6 is 0 Å². The number of amides is 2. The first-order valence-corrected chi connectivity index (χ1v) is 8.47. The molecule has 1 aromatic rings. The molecule has 0 saturated carbocycles. The van der Waals surface area contributed by atoms with Crippen LogP contribution in [0.15, 0.2) is 31.0 Å². The van der Waals surface area contributed by atoms with Crippen LogP contribution in [0, 0.1) is 13.8 Å². The lowest BCUT2D eigenvalue weighted by atomic mass is 9.97. The van der Waals surface area contributed by atoms with E-state index < -0.39 is 0 Å². The maximum atomic E-state index is 12.5. The lowest BCUT2D eigenvalue weighted by Gasteiger charge is -2.38. The summed E-state index contributed by atoms with van der Waals surface area (Å²) >= 11 is 0. The number of hydrogen-bond acceptors (Lipinski definition) is 3. The number of nitrogens with zero attached hydrogens (tertiary/aromatic N) is 1. The van der Waals surface area contributed by atoms with E-state index in [9.17, 15) is 9.59 Å². The Morgan fingerprint density at radius 1 is 1.17 bits per heavy atom. The summed E-state index contributed by atoms with van der Waals surface area (Å²) in [7, 11) is 0. The SMILES string of the molecule is C=COC(=O)N1C2CCC1CC(NC(=O)c1cc(C)cc(C)c1)C2. The molecule has 2 amide bonds. The molecule has 0 aliphatic carbocycles. The van der Waals surface area contributed by atoms with E-state index in [1.165, 1.54) is 6.26 Å². The first kappa shape index (κ1) is 16.6. The van der Waals surface area contributed by atoms with Crippen LogP contribution in [0.2, 0.25) is 0 Å². The van der Waals surface area contributed by atoms with Crippen LogP contribution in [-0.4, -0.2) is 35.0 Å². The summed E-state index contributed by atoms with van der Waals surface area (Å²) in [4.78, 5) is 26.4. The third-order valence-corrected chi connectivity index (χ3v) is 4.95. The molecule has 2 saturated heterocycles. The standard InChI is InChI=1S/C19H24N2O3/c1-4-24-19(23)21-16-5-6-17(21)11-15(10-16)20-18(22)14-8-12(2)7-13(3)9-14/h4,7-9,15-17H,1,5-6,10-11H2,2-3H3,(H,20,22). The molecule has 1 aromatic carbocycles. The second-order valence-corrected chi connectivity index (χ2v) is 6.86. The maximum absolute atomic E-state index is 12.5. The van der Waals surface area contributed by atoms with Gasteiger partial charge in [0.1, 0.15) is 0 Å². The van der Waals surface area contributed by atoms with Crippen molar-refractivity contribution in [3.8, 4) is 0 Å². The van der Waals surface area contributed by atoms with Crippen LogP contribution in [0.3, 0.4) is 0 Å². The highest BCUT2D eigenvalue weighted by molar-refractivity contribution is 5.94. The lowest BCUT2D eigenvalue weighted by molar-refractivity contribution is 0.0785. The smallest absolute Gasteiger partial charge is 0.415 e. The van der Waals surface area contributed by atoms with Gasteiger partial charge in [0.25, 0.3) is 5.91 Å². The molecule has 0 spiro atoms. The highest BCUT2D eigenvalue weighted by Crippen LogP contribution is 2.36. The maximum Gasteiger partial charge on any atom is 0.415 e. The van der Waals surface area contributed by atoms with Crippen LogP contribution in [-0.2, 0) is 4.74 Å². The zero-order chi connectivity index (χ0) is 17.3. The molecule has 2 bridgehead atoms. The Morgan fingerprint density at radius 2 is 1.75 bits per heavy atom. The van der Waals surface area contributed by atoms with E-state index in [1.54, 1.807) is 0 Å². The zero-order valence-corrected chi connectivity index (χ0v) is 14.2. The summed E-state index contributed by atoms with van der Waals surface area (Å²) in [5, 5.41) is 3.14. The minimum atomic E-state index is -0.323. The third-order valence-electron chi connectivity index (χ3n) is 4.95. The number of hydrogen-bond donors (Lipinski definition) is 1. The average Bonchev–Trinajstić information content (AvgIpc) is 2.78. The van der Waals surface area contributed by atoms with Gasteiger partial charge in [-0.3, -0.25) is 4.79 Å². The summed E-state index contributed by atoms with van der Waals surface area (Å²) in [5.74, 6) is -0.0340. The third kappa shape index (κ3) is 3.30. The fraction of sp³-hybridized carbons (Fsp3) is 0.474. The van der Waals surface area contributed by atoms with Crippen molar-refractivity contribution in [1.82, 2.24) is 10.2 Å². The van der Waals surface area contributed by atoms with Crippen LogP contribution in [0.25, 0.3) is 0 Å². The Morgan fingerprint density at radius 3 is 2.29 bits per heavy atom. The monoisotopic (exact) mass is 328 g/mol. The number of benzene rings is 1. The molecule has 24 heavy (non-hydrogen) atoms. The van der Waals surface area contributed by atoms with Crippen molar-refractivity contribution in [2.45, 2.75) is 57.7 Å². The van der Waals surface area contributed by atoms with Crippen LogP contribution < -0.4 is 5.32 Å². The van der Waals surface area contributed by atoms with Crippen molar-refractivity contribution in [2.75, 3.05) is 0 Å². The largest absolute Gasteiger partial charge is 0.419 e. The molecule has 2 atom stereocenters. The lowest BCUT2D eigenvalue weighted by Crippen LogP contribution is -2.52. The molecule has 3 rings (SSSR count). The van der Waals surface area contributed by atoms with Gasteiger partial charge in [0.15, 0.2) is 0 Å². The number of piperidine rings is 1. The fourth-order valence-corrected chi connectivity index (χ4v) is 4.10. The Bertz CT molecular complexity index is 636. The van der Waals surface area contributed by atoms with E-state index in [1.807, 2.05) is 30.9 Å². The van der Waals surface area contributed by atoms with Gasteiger partial charge in [-0.15, -0.1) is 0 Å². The van der Waals surface area contributed by atoms with E-state index in [4.69, 9.17) is 4.74 Å². The number of ether oxygens (including phenoxy) is 1. The number of fused-ring (bicyclic) bond motifs is 2. The van der Waals surface area contributed by atoms with E-state index in [2.05, 4.69) is 18.0 Å². The van der Waals surface area contributed by atoms with Gasteiger partial charge in [-0.25, -0.2) is 4.79 Å². The predicted octanol–water partition coefficient (Wildman–Crippen LogP) is 3.31. The van der Waals surface area contributed by atoms with Crippen LogP contribution in [0.5, 0.6) is 0 Å². The highest BCUT2D eigenvalue weighted by atomic mass is 16.5. The number of nitrogens with one attached hydrogen (secondary N) is 1. The Labute approximate surface area is 142 Å². The molecule has 128 valence electrons. The van der Waals surface area contributed by atoms with Gasteiger partial charge in [0.05, 0.1) is 6.26 Å². The van der Waals surface area contributed by atoms with Crippen molar-refractivity contribution in [2.24, 2.45) is 0 Å². The fourth-order valence-electron chi connectivity index (χ4n) is 4.10. The van der Waals surface area contributed by atoms with Crippen molar-refractivity contribution in [3.63, 3.8) is 0 Å². The summed E-state index contributed by atoms with van der Waals surface area (Å²) < 4.78 is 4.94. The number of carbonyl (C=O) groups excluding carboxylic acids is 2. The Kier molecular flexibility index (Phi) is 4.60. The summed E-state index contributed by atoms with van der Waals surface area (Å²) in [5.41, 5.74) is 2.87. The molecule has 5 nitrogen and oxygen atoms in total. The van der Waals surface area contributed by atoms with Gasteiger partial charge in [0.2, 0.25) is 0 Å². The first-order valence-electron chi connectivity index (χ1n) is 8.47. The number of aryl methyl sites for hydroxylation is 2. The molecule has 1 N–H and O–H groups in total. The molecule has 5 heteroatoms. The summed E-state index contributed by atoms with van der Waals surface area (Å²) in [6.07, 6.45) is 4.34. The van der Waals surface area contributed by atoms with E-state index in [-0.39, 0.29) is 30.1 Å². The van der Waals surface area contributed by atoms with Crippen molar-refractivity contribution < 1.29 is 14.3 Å². The van der Waals surface area contributed by atoms with Crippen LogP contribution in [0.4, 0.5) is 4.79 Å². The molecular formula is C19H24N2O3. The second-order valence-electron chi connectivity index (χ2n) is 6.86. The van der Waals surface area contributed by atoms with Gasteiger partial charge in [-0.2, -0.15) is 0 Å². The van der Waals surface area contributed by atoms with Gasteiger partial charge in [-0.05, 0) is 51.7 Å². The topological polar surface area (TPSA) is 58.6 Å². The van der Waals surface area contributed by atoms with Crippen molar-refractivity contribution in [3.05, 3.63) is 47.7 Å². The number of rotatable bonds is 3. The molecule has 2 fully saturated rings. The van der Waals surface area contributed by atoms with Gasteiger partial charge in [0, 0.05) is 23.7 Å². The Hall–Kier alpha value is -2.30. The zero-order valence-electron chi connectivity index (χ0n) is 14.2. The van der Waals surface area contributed by atoms with Crippen molar-refractivity contribution in [1.29, 1.82) is 0 Å². The van der Waals surface area contributed by atoms with Crippen LogP contribution in [0.1, 0.15) is 47.2 Å². The predicted molar refractivity (Wildman–Crippen MR) is 91.7 cm³/mol. The quantitative estimate of drug-likeness (QED) is 0.866. The first-order chi connectivity index (χ1) is 11.5. The molecule has 2 heterocycles. The number of carbonyl (C=O) groups is 2. The second kappa shape index (κ2) is 6.67. The van der Waals surface area contributed by atoms with E-state index in [0.717, 1.165) is 36.8 Å². The summed E-state index contributed by atoms with van der Waals surface area (Å²) in [6.45, 7) is 7.43. The normalized spacial score (nSPS) is 25.2. The van der Waals surface area contributed by atoms with E-state index >= 15 is 0 Å². The molecule has 0 radical (unpaired) electrons. The molecule has 0 aromatic heterocycles.